The lowest BCUT2D eigenvalue weighted by atomic mass is 10.4. The van der Waals surface area contributed by atoms with Crippen molar-refractivity contribution < 1.29 is 14.6 Å². The van der Waals surface area contributed by atoms with Crippen LogP contribution in [0, 0.1) is 0 Å². The minimum Gasteiger partial charge on any atom is -0.459 e. The van der Waals surface area contributed by atoms with E-state index in [0.717, 1.165) is 0 Å². The summed E-state index contributed by atoms with van der Waals surface area (Å²) in [5.74, 6) is -0.537. The van der Waals surface area contributed by atoms with Crippen LogP contribution in [0.1, 0.15) is 13.8 Å². The molecule has 0 rings (SSSR count). The maximum atomic E-state index is 10.6. The van der Waals surface area contributed by atoms with Gasteiger partial charge in [-0.05, 0) is 13.8 Å². The lowest BCUT2D eigenvalue weighted by Crippen LogP contribution is -2.22. The average molecular weight is 166 g/mol. The van der Waals surface area contributed by atoms with E-state index in [1.807, 2.05) is 0 Å². The van der Waals surface area contributed by atoms with Crippen LogP contribution >= 0.6 is 11.6 Å². The van der Waals surface area contributed by atoms with Gasteiger partial charge in [0.25, 0.3) is 0 Å². The van der Waals surface area contributed by atoms with Crippen LogP contribution in [0.2, 0.25) is 0 Å². The lowest BCUT2D eigenvalue weighted by molar-refractivity contribution is -0.150. The molecule has 0 spiro atoms. The first-order valence-electron chi connectivity index (χ1n) is 3.00. The summed E-state index contributed by atoms with van der Waals surface area (Å²) >= 11 is 5.35. The molecule has 0 N–H and O–H groups in total. The molecule has 0 aliphatic rings. The van der Waals surface area contributed by atoms with E-state index in [4.69, 9.17) is 11.6 Å². The van der Waals surface area contributed by atoms with E-state index in [1.165, 1.54) is 13.8 Å². The van der Waals surface area contributed by atoms with E-state index in [0.29, 0.717) is 0 Å². The number of esters is 1. The highest BCUT2D eigenvalue weighted by Gasteiger charge is 2.13. The van der Waals surface area contributed by atoms with Crippen LogP contribution in [-0.2, 0) is 14.6 Å². The number of alkyl halides is 1. The first-order valence-corrected chi connectivity index (χ1v) is 3.44. The number of halogens is 1. The van der Waals surface area contributed by atoms with Crippen LogP contribution in [-0.4, -0.2) is 24.1 Å². The monoisotopic (exact) mass is 165 g/mol. The zero-order valence-corrected chi connectivity index (χ0v) is 6.72. The number of carbonyl (C=O) groups excluding carboxylic acids is 1. The Labute approximate surface area is 64.9 Å². The molecule has 0 aromatic heterocycles. The Hall–Kier alpha value is -0.280. The minimum absolute atomic E-state index is 0.421. The lowest BCUT2D eigenvalue weighted by Gasteiger charge is -2.09. The summed E-state index contributed by atoms with van der Waals surface area (Å²) < 4.78 is 4.58. The summed E-state index contributed by atoms with van der Waals surface area (Å²) in [5.41, 5.74) is 0. The Morgan fingerprint density at radius 3 is 2.40 bits per heavy atom. The SMILES string of the molecule is CC(C[O])OC(=O)C(C)Cl. The van der Waals surface area contributed by atoms with Gasteiger partial charge < -0.3 is 4.74 Å². The third kappa shape index (κ3) is 3.69. The Kier molecular flexibility index (Phi) is 4.40. The third-order valence-electron chi connectivity index (χ3n) is 0.877. The second kappa shape index (κ2) is 4.52. The van der Waals surface area contributed by atoms with Gasteiger partial charge in [-0.2, -0.15) is 0 Å². The summed E-state index contributed by atoms with van der Waals surface area (Å²) in [6.07, 6.45) is -0.575. The van der Waals surface area contributed by atoms with Crippen molar-refractivity contribution in [2.45, 2.75) is 25.3 Å². The predicted molar refractivity (Wildman–Crippen MR) is 36.4 cm³/mol. The van der Waals surface area contributed by atoms with Crippen molar-refractivity contribution >= 4 is 17.6 Å². The fourth-order valence-electron chi connectivity index (χ4n) is 0.326. The molecule has 1 radical (unpaired) electrons. The summed E-state index contributed by atoms with van der Waals surface area (Å²) in [7, 11) is 0. The van der Waals surface area contributed by atoms with E-state index in [9.17, 15) is 9.90 Å². The van der Waals surface area contributed by atoms with Crippen molar-refractivity contribution in [2.24, 2.45) is 0 Å². The first kappa shape index (κ1) is 9.72. The third-order valence-corrected chi connectivity index (χ3v) is 1.06. The summed E-state index contributed by atoms with van der Waals surface area (Å²) in [6.45, 7) is 2.61. The molecule has 0 saturated carbocycles. The predicted octanol–water partition coefficient (Wildman–Crippen LogP) is 0.976. The van der Waals surface area contributed by atoms with E-state index in [1.54, 1.807) is 0 Å². The quantitative estimate of drug-likeness (QED) is 0.462. The van der Waals surface area contributed by atoms with Gasteiger partial charge in [-0.15, -0.1) is 11.6 Å². The highest BCUT2D eigenvalue weighted by molar-refractivity contribution is 6.29. The zero-order valence-electron chi connectivity index (χ0n) is 5.96. The number of rotatable bonds is 3. The maximum absolute atomic E-state index is 10.6. The molecule has 4 heteroatoms. The molecule has 0 saturated heterocycles. The van der Waals surface area contributed by atoms with Crippen molar-refractivity contribution in [3.05, 3.63) is 0 Å². The minimum atomic E-state index is -0.672. The second-order valence-electron chi connectivity index (χ2n) is 2.03. The Bertz CT molecular complexity index is 114. The number of hydrogen-bond donors (Lipinski definition) is 0. The van der Waals surface area contributed by atoms with Crippen molar-refractivity contribution in [2.75, 3.05) is 6.61 Å². The molecule has 0 bridgehead atoms. The Morgan fingerprint density at radius 2 is 2.10 bits per heavy atom. The fourth-order valence-corrected chi connectivity index (χ4v) is 0.378. The number of ether oxygens (including phenoxy) is 1. The summed E-state index contributed by atoms with van der Waals surface area (Å²) in [4.78, 5) is 10.6. The van der Waals surface area contributed by atoms with Crippen LogP contribution in [0.4, 0.5) is 0 Å². The zero-order chi connectivity index (χ0) is 8.15. The Balaban J connectivity index is 3.57. The topological polar surface area (TPSA) is 46.2 Å². The largest absolute Gasteiger partial charge is 0.459 e. The van der Waals surface area contributed by atoms with Crippen LogP contribution in [0.3, 0.4) is 0 Å². The molecule has 0 heterocycles. The van der Waals surface area contributed by atoms with Gasteiger partial charge >= 0.3 is 5.97 Å². The molecule has 2 unspecified atom stereocenters. The maximum Gasteiger partial charge on any atom is 0.324 e. The molecular weight excluding hydrogens is 156 g/mol. The van der Waals surface area contributed by atoms with Gasteiger partial charge in [-0.25, -0.2) is 5.11 Å². The van der Waals surface area contributed by atoms with Gasteiger partial charge in [-0.1, -0.05) is 0 Å². The Morgan fingerprint density at radius 1 is 1.60 bits per heavy atom. The van der Waals surface area contributed by atoms with Crippen molar-refractivity contribution in [1.82, 2.24) is 0 Å². The molecule has 10 heavy (non-hydrogen) atoms. The van der Waals surface area contributed by atoms with Crippen molar-refractivity contribution in [1.29, 1.82) is 0 Å². The van der Waals surface area contributed by atoms with E-state index < -0.39 is 24.1 Å². The molecule has 3 nitrogen and oxygen atoms in total. The van der Waals surface area contributed by atoms with Crippen LogP contribution in [0.25, 0.3) is 0 Å². The van der Waals surface area contributed by atoms with E-state index in [-0.39, 0.29) is 0 Å². The van der Waals surface area contributed by atoms with Gasteiger partial charge in [0, 0.05) is 0 Å². The summed E-state index contributed by atoms with van der Waals surface area (Å²) in [6, 6.07) is 0. The van der Waals surface area contributed by atoms with Crippen LogP contribution < -0.4 is 0 Å². The standard InChI is InChI=1S/C6H10ClO3/c1-4(3-8)10-6(9)5(2)7/h4-5H,3H2,1-2H3. The number of carbonyl (C=O) groups is 1. The highest BCUT2D eigenvalue weighted by atomic mass is 35.5. The van der Waals surface area contributed by atoms with Crippen LogP contribution in [0.5, 0.6) is 0 Å². The number of hydrogen-bond acceptors (Lipinski definition) is 2. The molecule has 59 valence electrons. The van der Waals surface area contributed by atoms with E-state index >= 15 is 0 Å². The van der Waals surface area contributed by atoms with Gasteiger partial charge in [-0.3, -0.25) is 4.79 Å². The van der Waals surface area contributed by atoms with Gasteiger partial charge in [0.2, 0.25) is 0 Å². The van der Waals surface area contributed by atoms with Crippen molar-refractivity contribution in [3.63, 3.8) is 0 Å². The van der Waals surface area contributed by atoms with Gasteiger partial charge in [0.1, 0.15) is 18.1 Å². The molecule has 0 amide bonds. The molecule has 0 aliphatic carbocycles. The van der Waals surface area contributed by atoms with Gasteiger partial charge in [0.05, 0.1) is 0 Å². The van der Waals surface area contributed by atoms with Gasteiger partial charge in [0.15, 0.2) is 0 Å². The molecule has 0 aromatic rings. The highest BCUT2D eigenvalue weighted by Crippen LogP contribution is 1.99. The molecule has 0 aliphatic heterocycles. The van der Waals surface area contributed by atoms with E-state index in [2.05, 4.69) is 4.74 Å². The van der Waals surface area contributed by atoms with Crippen molar-refractivity contribution in [3.8, 4) is 0 Å². The molecular formula is C6H10ClO3. The molecule has 0 fully saturated rings. The average Bonchev–Trinajstić information content (AvgIpc) is 1.87. The molecule has 0 aromatic carbocycles. The first-order chi connectivity index (χ1) is 4.57. The normalized spacial score (nSPS) is 16.0. The smallest absolute Gasteiger partial charge is 0.324 e. The fraction of sp³-hybridized carbons (Fsp3) is 0.833. The second-order valence-corrected chi connectivity index (χ2v) is 2.68. The molecule has 2 atom stereocenters. The summed E-state index contributed by atoms with van der Waals surface area (Å²) in [5, 5.41) is 9.40. The van der Waals surface area contributed by atoms with Crippen LogP contribution in [0.15, 0.2) is 0 Å².